The predicted molar refractivity (Wildman–Crippen MR) is 69.7 cm³/mol. The van der Waals surface area contributed by atoms with Crippen LogP contribution in [0.3, 0.4) is 0 Å². The fraction of sp³-hybridized carbons (Fsp3) is 0.417. The maximum atomic E-state index is 11.8. The molecule has 1 atom stereocenters. The van der Waals surface area contributed by atoms with Crippen molar-refractivity contribution < 1.29 is 9.32 Å². The van der Waals surface area contributed by atoms with Gasteiger partial charge in [0.15, 0.2) is 5.15 Å². The van der Waals surface area contributed by atoms with Crippen molar-refractivity contribution in [2.45, 2.75) is 32.7 Å². The van der Waals surface area contributed by atoms with E-state index in [-0.39, 0.29) is 11.9 Å². The van der Waals surface area contributed by atoms with Crippen LogP contribution in [0, 0.1) is 6.92 Å². The van der Waals surface area contributed by atoms with E-state index in [1.807, 2.05) is 13.8 Å². The molecule has 0 aliphatic carbocycles. The van der Waals surface area contributed by atoms with E-state index in [4.69, 9.17) is 16.1 Å². The SMILES string of the molecule is Cc1cnc([C@H](C)NC(=O)CCc2cc(Cl)no2)[nH]1. The molecular formula is C12H15ClN4O2. The minimum Gasteiger partial charge on any atom is -0.360 e. The Morgan fingerprint density at radius 2 is 2.42 bits per heavy atom. The normalized spacial score (nSPS) is 12.4. The van der Waals surface area contributed by atoms with Gasteiger partial charge < -0.3 is 14.8 Å². The number of halogens is 1. The van der Waals surface area contributed by atoms with Crippen molar-refractivity contribution >= 4 is 17.5 Å². The van der Waals surface area contributed by atoms with E-state index in [2.05, 4.69) is 20.4 Å². The fourth-order valence-electron chi connectivity index (χ4n) is 1.68. The van der Waals surface area contributed by atoms with Crippen LogP contribution in [0.15, 0.2) is 16.8 Å². The molecule has 0 radical (unpaired) electrons. The molecule has 0 fully saturated rings. The number of aromatic nitrogens is 3. The Kier molecular flexibility index (Phi) is 4.21. The van der Waals surface area contributed by atoms with Crippen LogP contribution in [0.1, 0.15) is 36.7 Å². The molecule has 7 heteroatoms. The molecule has 102 valence electrons. The Morgan fingerprint density at radius 3 is 3.00 bits per heavy atom. The summed E-state index contributed by atoms with van der Waals surface area (Å²) in [5, 5.41) is 6.71. The van der Waals surface area contributed by atoms with Gasteiger partial charge in [-0.05, 0) is 13.8 Å². The number of nitrogens with one attached hydrogen (secondary N) is 2. The standard InChI is InChI=1S/C12H15ClN4O2/c1-7-6-14-12(15-7)8(2)16-11(18)4-3-9-5-10(13)17-19-9/h5-6,8H,3-4H2,1-2H3,(H,14,15)(H,16,18)/t8-/m0/s1. The summed E-state index contributed by atoms with van der Waals surface area (Å²) in [6.45, 7) is 3.79. The molecule has 0 saturated heterocycles. The number of aromatic amines is 1. The number of carbonyl (C=O) groups is 1. The largest absolute Gasteiger partial charge is 0.360 e. The quantitative estimate of drug-likeness (QED) is 0.880. The van der Waals surface area contributed by atoms with Gasteiger partial charge in [-0.1, -0.05) is 16.8 Å². The maximum absolute atomic E-state index is 11.8. The molecule has 0 unspecified atom stereocenters. The number of rotatable bonds is 5. The van der Waals surface area contributed by atoms with Gasteiger partial charge in [-0.2, -0.15) is 0 Å². The highest BCUT2D eigenvalue weighted by atomic mass is 35.5. The first-order valence-electron chi connectivity index (χ1n) is 5.96. The van der Waals surface area contributed by atoms with Gasteiger partial charge in [0, 0.05) is 30.8 Å². The molecule has 1 amide bonds. The summed E-state index contributed by atoms with van der Waals surface area (Å²) in [5.41, 5.74) is 0.965. The van der Waals surface area contributed by atoms with Crippen LogP contribution in [0.4, 0.5) is 0 Å². The van der Waals surface area contributed by atoms with Crippen molar-refractivity contribution in [1.29, 1.82) is 0 Å². The van der Waals surface area contributed by atoms with Crippen molar-refractivity contribution in [2.75, 3.05) is 0 Å². The number of carbonyl (C=O) groups excluding carboxylic acids is 1. The first-order chi connectivity index (χ1) is 9.04. The third-order valence-corrected chi connectivity index (χ3v) is 2.82. The Hall–Kier alpha value is -1.82. The van der Waals surface area contributed by atoms with Crippen LogP contribution in [0.2, 0.25) is 5.15 Å². The van der Waals surface area contributed by atoms with Crippen LogP contribution >= 0.6 is 11.6 Å². The zero-order chi connectivity index (χ0) is 13.8. The van der Waals surface area contributed by atoms with Gasteiger partial charge >= 0.3 is 0 Å². The zero-order valence-corrected chi connectivity index (χ0v) is 11.5. The first-order valence-corrected chi connectivity index (χ1v) is 6.34. The second kappa shape index (κ2) is 5.88. The van der Waals surface area contributed by atoms with E-state index in [1.54, 1.807) is 12.3 Å². The van der Waals surface area contributed by atoms with Gasteiger partial charge in [0.05, 0.1) is 6.04 Å². The van der Waals surface area contributed by atoms with E-state index in [1.165, 1.54) is 0 Å². The second-order valence-electron chi connectivity index (χ2n) is 4.36. The van der Waals surface area contributed by atoms with E-state index >= 15 is 0 Å². The number of nitrogens with zero attached hydrogens (tertiary/aromatic N) is 2. The summed E-state index contributed by atoms with van der Waals surface area (Å²) in [7, 11) is 0. The summed E-state index contributed by atoms with van der Waals surface area (Å²) < 4.78 is 4.93. The van der Waals surface area contributed by atoms with Crippen LogP contribution in [0.5, 0.6) is 0 Å². The molecule has 0 aliphatic heterocycles. The second-order valence-corrected chi connectivity index (χ2v) is 4.74. The van der Waals surface area contributed by atoms with E-state index in [9.17, 15) is 4.79 Å². The average Bonchev–Trinajstić information content (AvgIpc) is 2.95. The Morgan fingerprint density at radius 1 is 1.63 bits per heavy atom. The monoisotopic (exact) mass is 282 g/mol. The summed E-state index contributed by atoms with van der Waals surface area (Å²) in [6, 6.07) is 1.45. The predicted octanol–water partition coefficient (Wildman–Crippen LogP) is 2.17. The lowest BCUT2D eigenvalue weighted by Crippen LogP contribution is -2.27. The highest BCUT2D eigenvalue weighted by Crippen LogP contribution is 2.12. The van der Waals surface area contributed by atoms with Gasteiger partial charge in [0.2, 0.25) is 5.91 Å². The number of imidazole rings is 1. The minimum absolute atomic E-state index is 0.0749. The molecular weight excluding hydrogens is 268 g/mol. The third kappa shape index (κ3) is 3.82. The molecule has 2 aromatic heterocycles. The number of H-pyrrole nitrogens is 1. The molecule has 2 aromatic rings. The Bertz CT molecular complexity index is 564. The van der Waals surface area contributed by atoms with Crippen LogP contribution in [0.25, 0.3) is 0 Å². The summed E-state index contributed by atoms with van der Waals surface area (Å²) in [5.74, 6) is 1.27. The van der Waals surface area contributed by atoms with Gasteiger partial charge in [-0.3, -0.25) is 4.79 Å². The Labute approximate surface area is 115 Å². The third-order valence-electron chi connectivity index (χ3n) is 2.64. The molecule has 0 saturated carbocycles. The van der Waals surface area contributed by atoms with Crippen molar-refractivity contribution in [2.24, 2.45) is 0 Å². The first kappa shape index (κ1) is 13.6. The van der Waals surface area contributed by atoms with Crippen molar-refractivity contribution in [1.82, 2.24) is 20.4 Å². The molecule has 2 rings (SSSR count). The van der Waals surface area contributed by atoms with Crippen molar-refractivity contribution in [3.63, 3.8) is 0 Å². The highest BCUT2D eigenvalue weighted by molar-refractivity contribution is 6.29. The Balaban J connectivity index is 1.81. The van der Waals surface area contributed by atoms with Gasteiger partial charge in [-0.15, -0.1) is 0 Å². The van der Waals surface area contributed by atoms with E-state index in [0.717, 1.165) is 11.5 Å². The van der Waals surface area contributed by atoms with Crippen LogP contribution in [-0.2, 0) is 11.2 Å². The summed E-state index contributed by atoms with van der Waals surface area (Å²) in [4.78, 5) is 19.0. The lowest BCUT2D eigenvalue weighted by atomic mass is 10.2. The summed E-state index contributed by atoms with van der Waals surface area (Å²) in [6.07, 6.45) is 2.51. The molecule has 0 bridgehead atoms. The fourth-order valence-corrected chi connectivity index (χ4v) is 1.83. The highest BCUT2D eigenvalue weighted by Gasteiger charge is 2.13. The lowest BCUT2D eigenvalue weighted by molar-refractivity contribution is -0.121. The minimum atomic E-state index is -0.153. The van der Waals surface area contributed by atoms with Crippen LogP contribution < -0.4 is 5.32 Å². The van der Waals surface area contributed by atoms with Gasteiger partial charge in [-0.25, -0.2) is 4.98 Å². The molecule has 19 heavy (non-hydrogen) atoms. The van der Waals surface area contributed by atoms with Crippen molar-refractivity contribution in [3.05, 3.63) is 34.7 Å². The molecule has 2 N–H and O–H groups in total. The molecule has 0 aliphatic rings. The molecule has 0 aromatic carbocycles. The molecule has 6 nitrogen and oxygen atoms in total. The number of hydrogen-bond donors (Lipinski definition) is 2. The van der Waals surface area contributed by atoms with E-state index < -0.39 is 0 Å². The topological polar surface area (TPSA) is 83.8 Å². The lowest BCUT2D eigenvalue weighted by Gasteiger charge is -2.10. The average molecular weight is 283 g/mol. The van der Waals surface area contributed by atoms with Crippen LogP contribution in [-0.4, -0.2) is 21.0 Å². The number of amides is 1. The number of aryl methyl sites for hydroxylation is 2. The van der Waals surface area contributed by atoms with Gasteiger partial charge in [0.25, 0.3) is 0 Å². The summed E-state index contributed by atoms with van der Waals surface area (Å²) >= 11 is 5.62. The van der Waals surface area contributed by atoms with Crippen molar-refractivity contribution in [3.8, 4) is 0 Å². The molecule has 2 heterocycles. The maximum Gasteiger partial charge on any atom is 0.221 e. The van der Waals surface area contributed by atoms with E-state index in [0.29, 0.717) is 23.8 Å². The van der Waals surface area contributed by atoms with Gasteiger partial charge in [0.1, 0.15) is 11.6 Å². The smallest absolute Gasteiger partial charge is 0.221 e. The molecule has 0 spiro atoms. The number of hydrogen-bond acceptors (Lipinski definition) is 4. The zero-order valence-electron chi connectivity index (χ0n) is 10.7.